The predicted octanol–water partition coefficient (Wildman–Crippen LogP) is 2.30. The van der Waals surface area contributed by atoms with Crippen molar-refractivity contribution in [1.82, 2.24) is 19.1 Å². The molecule has 2 aromatic heterocycles. The summed E-state index contributed by atoms with van der Waals surface area (Å²) >= 11 is 6.75. The molecule has 0 aliphatic carbocycles. The number of hydrogen-bond acceptors (Lipinski definition) is 6. The Bertz CT molecular complexity index is 1030. The van der Waals surface area contributed by atoms with Gasteiger partial charge in [0.25, 0.3) is 10.0 Å². The van der Waals surface area contributed by atoms with E-state index in [1.54, 1.807) is 23.1 Å². The van der Waals surface area contributed by atoms with E-state index in [4.69, 9.17) is 11.6 Å². The molecule has 1 N–H and O–H groups in total. The summed E-state index contributed by atoms with van der Waals surface area (Å²) in [5, 5.41) is 6.80. The number of thiophene rings is 1. The van der Waals surface area contributed by atoms with Crippen LogP contribution >= 0.6 is 22.9 Å². The standard InChI is InChI=1S/C16H16ClN5O3S2/c1-21(27(24,25)16-7-6-14(17)26-16)9-15(23)20-13-5-3-2-4-12(13)8-22-11-18-10-19-22/h2-7,10-11H,8-9H2,1H3,(H,20,23). The Kier molecular flexibility index (Phi) is 5.90. The number of carbonyl (C=O) groups excluding carboxylic acids is 1. The van der Waals surface area contributed by atoms with Crippen LogP contribution in [-0.4, -0.2) is 47.0 Å². The number of halogens is 1. The normalized spacial score (nSPS) is 11.7. The van der Waals surface area contributed by atoms with Gasteiger partial charge in [-0.15, -0.1) is 11.3 Å². The first kappa shape index (κ1) is 19.5. The monoisotopic (exact) mass is 425 g/mol. The first-order valence-corrected chi connectivity index (χ1v) is 10.4. The third-order valence-corrected chi connectivity index (χ3v) is 7.17. The molecule has 0 bridgehead atoms. The number of para-hydroxylation sites is 1. The van der Waals surface area contributed by atoms with E-state index in [1.807, 2.05) is 12.1 Å². The van der Waals surface area contributed by atoms with Crippen molar-refractivity contribution in [2.24, 2.45) is 0 Å². The van der Waals surface area contributed by atoms with Crippen molar-refractivity contribution in [2.75, 3.05) is 18.9 Å². The van der Waals surface area contributed by atoms with Crippen LogP contribution in [0.2, 0.25) is 4.34 Å². The molecule has 0 radical (unpaired) electrons. The lowest BCUT2D eigenvalue weighted by molar-refractivity contribution is -0.116. The maximum absolute atomic E-state index is 12.5. The molecular weight excluding hydrogens is 410 g/mol. The molecule has 1 amide bonds. The van der Waals surface area contributed by atoms with Gasteiger partial charge < -0.3 is 5.32 Å². The van der Waals surface area contributed by atoms with E-state index in [0.29, 0.717) is 16.6 Å². The molecule has 8 nitrogen and oxygen atoms in total. The van der Waals surface area contributed by atoms with E-state index in [1.165, 1.54) is 25.5 Å². The van der Waals surface area contributed by atoms with Crippen LogP contribution < -0.4 is 5.32 Å². The zero-order valence-electron chi connectivity index (χ0n) is 14.2. The number of nitrogens with zero attached hydrogens (tertiary/aromatic N) is 4. The summed E-state index contributed by atoms with van der Waals surface area (Å²) in [6, 6.07) is 10.2. The molecular formula is C16H16ClN5O3S2. The molecule has 0 aliphatic rings. The summed E-state index contributed by atoms with van der Waals surface area (Å²) in [5.41, 5.74) is 1.41. The Hall–Kier alpha value is -2.27. The highest BCUT2D eigenvalue weighted by Gasteiger charge is 2.25. The molecule has 0 saturated heterocycles. The van der Waals surface area contributed by atoms with Gasteiger partial charge in [0.1, 0.15) is 16.9 Å². The molecule has 142 valence electrons. The number of benzene rings is 1. The highest BCUT2D eigenvalue weighted by molar-refractivity contribution is 7.91. The van der Waals surface area contributed by atoms with Crippen molar-refractivity contribution in [2.45, 2.75) is 10.8 Å². The first-order valence-electron chi connectivity index (χ1n) is 7.78. The fraction of sp³-hybridized carbons (Fsp3) is 0.188. The lowest BCUT2D eigenvalue weighted by atomic mass is 10.1. The van der Waals surface area contributed by atoms with Crippen LogP contribution in [-0.2, 0) is 21.4 Å². The smallest absolute Gasteiger partial charge is 0.252 e. The average molecular weight is 426 g/mol. The van der Waals surface area contributed by atoms with Gasteiger partial charge in [0.15, 0.2) is 0 Å². The summed E-state index contributed by atoms with van der Waals surface area (Å²) < 4.78 is 28.1. The van der Waals surface area contributed by atoms with Crippen LogP contribution in [0.1, 0.15) is 5.56 Å². The van der Waals surface area contributed by atoms with Crippen molar-refractivity contribution in [3.8, 4) is 0 Å². The number of likely N-dealkylation sites (N-methyl/N-ethyl adjacent to an activating group) is 1. The van der Waals surface area contributed by atoms with Gasteiger partial charge in [0.05, 0.1) is 17.4 Å². The lowest BCUT2D eigenvalue weighted by Crippen LogP contribution is -2.34. The third kappa shape index (κ3) is 4.72. The van der Waals surface area contributed by atoms with Crippen molar-refractivity contribution < 1.29 is 13.2 Å². The van der Waals surface area contributed by atoms with Gasteiger partial charge in [-0.3, -0.25) is 4.79 Å². The first-order chi connectivity index (χ1) is 12.9. The largest absolute Gasteiger partial charge is 0.325 e. The van der Waals surface area contributed by atoms with Crippen LogP contribution in [0.25, 0.3) is 0 Å². The summed E-state index contributed by atoms with van der Waals surface area (Å²) in [7, 11) is -2.42. The van der Waals surface area contributed by atoms with E-state index in [9.17, 15) is 13.2 Å². The van der Waals surface area contributed by atoms with E-state index < -0.39 is 15.9 Å². The molecule has 0 atom stereocenters. The molecule has 3 rings (SSSR count). The Morgan fingerprint density at radius 2 is 2.07 bits per heavy atom. The number of hydrogen-bond donors (Lipinski definition) is 1. The molecule has 0 unspecified atom stereocenters. The highest BCUT2D eigenvalue weighted by Crippen LogP contribution is 2.27. The van der Waals surface area contributed by atoms with Gasteiger partial charge in [-0.2, -0.15) is 9.40 Å². The molecule has 1 aromatic carbocycles. The minimum absolute atomic E-state index is 0.0920. The van der Waals surface area contributed by atoms with E-state index in [0.717, 1.165) is 21.2 Å². The quantitative estimate of drug-likeness (QED) is 0.626. The molecule has 0 saturated carbocycles. The van der Waals surface area contributed by atoms with Crippen molar-refractivity contribution in [3.05, 3.63) is 59.0 Å². The van der Waals surface area contributed by atoms with Crippen molar-refractivity contribution >= 4 is 44.6 Å². The number of sulfonamides is 1. The minimum atomic E-state index is -3.77. The van der Waals surface area contributed by atoms with E-state index in [-0.39, 0.29) is 10.8 Å². The Labute approximate surface area is 165 Å². The summed E-state index contributed by atoms with van der Waals surface area (Å²) in [6.07, 6.45) is 3.00. The second kappa shape index (κ2) is 8.17. The highest BCUT2D eigenvalue weighted by atomic mass is 35.5. The summed E-state index contributed by atoms with van der Waals surface area (Å²) in [5.74, 6) is -0.449. The molecule has 27 heavy (non-hydrogen) atoms. The fourth-order valence-corrected chi connectivity index (χ4v) is 5.16. The van der Waals surface area contributed by atoms with Gasteiger partial charge in [0.2, 0.25) is 5.91 Å². The number of nitrogens with one attached hydrogen (secondary N) is 1. The maximum Gasteiger partial charge on any atom is 0.252 e. The second-order valence-corrected chi connectivity index (χ2v) is 9.60. The van der Waals surface area contributed by atoms with E-state index >= 15 is 0 Å². The maximum atomic E-state index is 12.5. The second-order valence-electron chi connectivity index (χ2n) is 5.62. The fourth-order valence-electron chi connectivity index (χ4n) is 2.34. The Morgan fingerprint density at radius 3 is 2.74 bits per heavy atom. The Morgan fingerprint density at radius 1 is 1.30 bits per heavy atom. The van der Waals surface area contributed by atoms with Crippen molar-refractivity contribution in [1.29, 1.82) is 0 Å². The number of aromatic nitrogens is 3. The summed E-state index contributed by atoms with van der Waals surface area (Å²) in [4.78, 5) is 16.3. The van der Waals surface area contributed by atoms with Gasteiger partial charge in [-0.05, 0) is 23.8 Å². The van der Waals surface area contributed by atoms with Crippen LogP contribution in [0.4, 0.5) is 5.69 Å². The zero-order valence-corrected chi connectivity index (χ0v) is 16.6. The number of amides is 1. The SMILES string of the molecule is CN(CC(=O)Nc1ccccc1Cn1cncn1)S(=O)(=O)c1ccc(Cl)s1. The topological polar surface area (TPSA) is 97.2 Å². The van der Waals surface area contributed by atoms with Gasteiger partial charge in [-0.25, -0.2) is 18.1 Å². The zero-order chi connectivity index (χ0) is 19.4. The molecule has 0 aliphatic heterocycles. The van der Waals surface area contributed by atoms with Gasteiger partial charge in [-0.1, -0.05) is 29.8 Å². The number of carbonyl (C=O) groups is 1. The third-order valence-electron chi connectivity index (χ3n) is 3.67. The average Bonchev–Trinajstić information content (AvgIpc) is 3.28. The molecule has 0 fully saturated rings. The van der Waals surface area contributed by atoms with Crippen LogP contribution in [0.3, 0.4) is 0 Å². The summed E-state index contributed by atoms with van der Waals surface area (Å²) in [6.45, 7) is 0.105. The van der Waals surface area contributed by atoms with Crippen LogP contribution in [0.5, 0.6) is 0 Å². The van der Waals surface area contributed by atoms with Crippen LogP contribution in [0, 0.1) is 0 Å². The Balaban J connectivity index is 1.69. The molecule has 0 spiro atoms. The molecule has 2 heterocycles. The van der Waals surface area contributed by atoms with Crippen LogP contribution in [0.15, 0.2) is 53.3 Å². The molecule has 11 heteroatoms. The van der Waals surface area contributed by atoms with Gasteiger partial charge >= 0.3 is 0 Å². The minimum Gasteiger partial charge on any atom is -0.325 e. The lowest BCUT2D eigenvalue weighted by Gasteiger charge is -2.17. The number of anilines is 1. The predicted molar refractivity (Wildman–Crippen MR) is 103 cm³/mol. The van der Waals surface area contributed by atoms with Gasteiger partial charge in [0, 0.05) is 12.7 Å². The van der Waals surface area contributed by atoms with E-state index in [2.05, 4.69) is 15.4 Å². The molecule has 3 aromatic rings. The van der Waals surface area contributed by atoms with Crippen molar-refractivity contribution in [3.63, 3.8) is 0 Å². The number of rotatable bonds is 7.